The van der Waals surface area contributed by atoms with E-state index in [1.807, 2.05) is 18.2 Å². The highest BCUT2D eigenvalue weighted by Gasteiger charge is 2.23. The lowest BCUT2D eigenvalue weighted by Gasteiger charge is -2.22. The number of phenolic OH excluding ortho intramolecular Hbond substituents is 1. The Morgan fingerprint density at radius 1 is 1.40 bits per heavy atom. The molecule has 2 N–H and O–H groups in total. The normalized spacial score (nSPS) is 17.6. The van der Waals surface area contributed by atoms with Crippen LogP contribution in [0, 0.1) is 0 Å². The smallest absolute Gasteiger partial charge is 0.261 e. The molecule has 3 rings (SSSR count). The van der Waals surface area contributed by atoms with Gasteiger partial charge in [0.2, 0.25) is 0 Å². The Hall–Kier alpha value is -2.05. The zero-order chi connectivity index (χ0) is 17.8. The summed E-state index contributed by atoms with van der Waals surface area (Å²) in [6.45, 7) is 5.03. The quantitative estimate of drug-likeness (QED) is 0.829. The molecule has 0 unspecified atom stereocenters. The van der Waals surface area contributed by atoms with Gasteiger partial charge >= 0.3 is 0 Å². The summed E-state index contributed by atoms with van der Waals surface area (Å²) in [5.41, 5.74) is 0.923. The summed E-state index contributed by atoms with van der Waals surface area (Å²) in [6.07, 6.45) is 2.36. The average Bonchev–Trinajstić information content (AvgIpc) is 3.29. The number of carbonyl (C=O) groups is 1. The van der Waals surface area contributed by atoms with Crippen molar-refractivity contribution in [3.8, 4) is 21.9 Å². The molecule has 1 aliphatic rings. The van der Waals surface area contributed by atoms with Crippen LogP contribution in [0.25, 0.3) is 10.4 Å². The standard InChI is InChI=1S/C19H24N2O3S/c1-3-21-10-4-5-14(21)12-20-19(23)18-9-8-17(25-18)13-6-7-15(22)16(11-13)24-2/h6-9,11,14,22H,3-5,10,12H2,1-2H3,(H,20,23)/t14-/m0/s1. The van der Waals surface area contributed by atoms with E-state index in [2.05, 4.69) is 17.1 Å². The van der Waals surface area contributed by atoms with E-state index in [4.69, 9.17) is 4.74 Å². The third-order valence-electron chi connectivity index (χ3n) is 4.70. The number of benzene rings is 1. The Morgan fingerprint density at radius 3 is 3.00 bits per heavy atom. The van der Waals surface area contributed by atoms with Crippen LogP contribution in [0.4, 0.5) is 0 Å². The number of likely N-dealkylation sites (N-methyl/N-ethyl adjacent to an activating group) is 1. The molecule has 1 aromatic heterocycles. The van der Waals surface area contributed by atoms with Crippen molar-refractivity contribution in [2.75, 3.05) is 26.7 Å². The van der Waals surface area contributed by atoms with Gasteiger partial charge in [-0.3, -0.25) is 9.69 Å². The van der Waals surface area contributed by atoms with E-state index in [0.29, 0.717) is 23.2 Å². The molecule has 2 heterocycles. The van der Waals surface area contributed by atoms with Gasteiger partial charge in [0.1, 0.15) is 0 Å². The maximum absolute atomic E-state index is 12.4. The Balaban J connectivity index is 1.65. The molecule has 1 aliphatic heterocycles. The van der Waals surface area contributed by atoms with Crippen molar-refractivity contribution in [2.24, 2.45) is 0 Å². The van der Waals surface area contributed by atoms with Crippen LogP contribution in [-0.4, -0.2) is 48.7 Å². The van der Waals surface area contributed by atoms with E-state index in [1.165, 1.54) is 24.9 Å². The van der Waals surface area contributed by atoms with Crippen molar-refractivity contribution in [2.45, 2.75) is 25.8 Å². The van der Waals surface area contributed by atoms with Crippen molar-refractivity contribution in [3.05, 3.63) is 35.2 Å². The summed E-state index contributed by atoms with van der Waals surface area (Å²) in [7, 11) is 1.52. The maximum atomic E-state index is 12.4. The highest BCUT2D eigenvalue weighted by molar-refractivity contribution is 7.17. The van der Waals surface area contributed by atoms with Gasteiger partial charge in [-0.15, -0.1) is 11.3 Å². The lowest BCUT2D eigenvalue weighted by molar-refractivity contribution is 0.0945. The van der Waals surface area contributed by atoms with Crippen molar-refractivity contribution < 1.29 is 14.6 Å². The van der Waals surface area contributed by atoms with Crippen LogP contribution in [0.3, 0.4) is 0 Å². The summed E-state index contributed by atoms with van der Waals surface area (Å²) in [4.78, 5) is 16.5. The molecule has 5 nitrogen and oxygen atoms in total. The number of thiophene rings is 1. The third kappa shape index (κ3) is 3.96. The first kappa shape index (κ1) is 17.8. The molecule has 6 heteroatoms. The molecule has 0 radical (unpaired) electrons. The molecule has 0 bridgehead atoms. The molecule has 0 saturated carbocycles. The summed E-state index contributed by atoms with van der Waals surface area (Å²) >= 11 is 1.45. The number of hydrogen-bond donors (Lipinski definition) is 2. The molecule has 1 atom stereocenters. The summed E-state index contributed by atoms with van der Waals surface area (Å²) in [6, 6.07) is 9.44. The number of phenols is 1. The first-order chi connectivity index (χ1) is 12.1. The fraction of sp³-hybridized carbons (Fsp3) is 0.421. The topological polar surface area (TPSA) is 61.8 Å². The van der Waals surface area contributed by atoms with Crippen LogP contribution in [0.5, 0.6) is 11.5 Å². The first-order valence-electron chi connectivity index (χ1n) is 8.61. The van der Waals surface area contributed by atoms with Crippen LogP contribution in [0.1, 0.15) is 29.4 Å². The second kappa shape index (κ2) is 7.89. The zero-order valence-corrected chi connectivity index (χ0v) is 15.4. The van der Waals surface area contributed by atoms with Crippen LogP contribution in [0.15, 0.2) is 30.3 Å². The van der Waals surface area contributed by atoms with Gasteiger partial charge in [0.25, 0.3) is 5.91 Å². The number of methoxy groups -OCH3 is 1. The number of rotatable bonds is 6. The summed E-state index contributed by atoms with van der Waals surface area (Å²) in [5, 5.41) is 12.8. The predicted molar refractivity (Wildman–Crippen MR) is 101 cm³/mol. The number of nitrogens with zero attached hydrogens (tertiary/aromatic N) is 1. The van der Waals surface area contributed by atoms with E-state index in [9.17, 15) is 9.90 Å². The van der Waals surface area contributed by atoms with Crippen molar-refractivity contribution >= 4 is 17.2 Å². The number of aromatic hydroxyl groups is 1. The lowest BCUT2D eigenvalue weighted by Crippen LogP contribution is -2.39. The first-order valence-corrected chi connectivity index (χ1v) is 9.43. The fourth-order valence-electron chi connectivity index (χ4n) is 3.29. The Labute approximate surface area is 152 Å². The van der Waals surface area contributed by atoms with Gasteiger partial charge in [-0.25, -0.2) is 0 Å². The second-order valence-electron chi connectivity index (χ2n) is 6.19. The number of nitrogens with one attached hydrogen (secondary N) is 1. The second-order valence-corrected chi connectivity index (χ2v) is 7.27. The van der Waals surface area contributed by atoms with Gasteiger partial charge in [-0.2, -0.15) is 0 Å². The molecule has 134 valence electrons. The Bertz CT molecular complexity index is 744. The lowest BCUT2D eigenvalue weighted by atomic mass is 10.1. The molecule has 0 aliphatic carbocycles. The van der Waals surface area contributed by atoms with Crippen LogP contribution in [-0.2, 0) is 0 Å². The summed E-state index contributed by atoms with van der Waals surface area (Å²) in [5.74, 6) is 0.514. The SMILES string of the molecule is CCN1CCC[C@H]1CNC(=O)c1ccc(-c2ccc(O)c(OC)c2)s1. The van der Waals surface area contributed by atoms with E-state index in [0.717, 1.165) is 30.0 Å². The molecule has 1 amide bonds. The molecule has 1 fully saturated rings. The van der Waals surface area contributed by atoms with Gasteiger partial charge in [-0.1, -0.05) is 6.92 Å². The fourth-order valence-corrected chi connectivity index (χ4v) is 4.20. The minimum absolute atomic E-state index is 0.0232. The van der Waals surface area contributed by atoms with Gasteiger partial charge < -0.3 is 15.2 Å². The number of hydrogen-bond acceptors (Lipinski definition) is 5. The third-order valence-corrected chi connectivity index (χ3v) is 5.83. The van der Waals surface area contributed by atoms with Gasteiger partial charge in [0.15, 0.2) is 11.5 Å². The van der Waals surface area contributed by atoms with Crippen molar-refractivity contribution in [3.63, 3.8) is 0 Å². The number of amides is 1. The number of likely N-dealkylation sites (tertiary alicyclic amines) is 1. The Kier molecular flexibility index (Phi) is 5.60. The largest absolute Gasteiger partial charge is 0.504 e. The molecule has 2 aromatic rings. The number of ether oxygens (including phenoxy) is 1. The van der Waals surface area contributed by atoms with Gasteiger partial charge in [0.05, 0.1) is 12.0 Å². The zero-order valence-electron chi connectivity index (χ0n) is 14.6. The maximum Gasteiger partial charge on any atom is 0.261 e. The monoisotopic (exact) mass is 360 g/mol. The molecular weight excluding hydrogens is 336 g/mol. The van der Waals surface area contributed by atoms with E-state index < -0.39 is 0 Å². The number of carbonyl (C=O) groups excluding carboxylic acids is 1. The average molecular weight is 360 g/mol. The van der Waals surface area contributed by atoms with Gasteiger partial charge in [0, 0.05) is 17.5 Å². The van der Waals surface area contributed by atoms with Crippen LogP contribution >= 0.6 is 11.3 Å². The molecule has 0 spiro atoms. The minimum atomic E-state index is -0.0232. The minimum Gasteiger partial charge on any atom is -0.504 e. The van der Waals surface area contributed by atoms with Crippen molar-refractivity contribution in [1.82, 2.24) is 10.2 Å². The van der Waals surface area contributed by atoms with E-state index in [-0.39, 0.29) is 11.7 Å². The molecule has 1 saturated heterocycles. The van der Waals surface area contributed by atoms with Gasteiger partial charge in [-0.05, 0) is 61.8 Å². The van der Waals surface area contributed by atoms with E-state index in [1.54, 1.807) is 12.1 Å². The molecule has 1 aromatic carbocycles. The van der Waals surface area contributed by atoms with Crippen LogP contribution in [0.2, 0.25) is 0 Å². The molecule has 25 heavy (non-hydrogen) atoms. The van der Waals surface area contributed by atoms with Crippen molar-refractivity contribution in [1.29, 1.82) is 0 Å². The summed E-state index contributed by atoms with van der Waals surface area (Å²) < 4.78 is 5.15. The molecular formula is C19H24N2O3S. The van der Waals surface area contributed by atoms with E-state index >= 15 is 0 Å². The highest BCUT2D eigenvalue weighted by atomic mass is 32.1. The Morgan fingerprint density at radius 2 is 2.24 bits per heavy atom. The predicted octanol–water partition coefficient (Wildman–Crippen LogP) is 3.34. The van der Waals surface area contributed by atoms with Crippen LogP contribution < -0.4 is 10.1 Å². The highest BCUT2D eigenvalue weighted by Crippen LogP contribution is 2.34.